The second kappa shape index (κ2) is 5.52. The van der Waals surface area contributed by atoms with Crippen LogP contribution >= 0.6 is 0 Å². The molecule has 0 radical (unpaired) electrons. The van der Waals surface area contributed by atoms with E-state index in [2.05, 4.69) is 12.2 Å². The van der Waals surface area contributed by atoms with E-state index >= 15 is 0 Å². The first-order chi connectivity index (χ1) is 8.15. The molecular weight excluding hydrogens is 216 g/mol. The summed E-state index contributed by atoms with van der Waals surface area (Å²) in [7, 11) is 0. The summed E-state index contributed by atoms with van der Waals surface area (Å²) in [6.45, 7) is 3.71. The van der Waals surface area contributed by atoms with Crippen molar-refractivity contribution in [3.63, 3.8) is 0 Å². The number of imide groups is 1. The first-order valence-electron chi connectivity index (χ1n) is 6.74. The molecule has 1 heterocycles. The average Bonchev–Trinajstić information content (AvgIpc) is 2.28. The molecule has 0 aromatic rings. The van der Waals surface area contributed by atoms with E-state index in [9.17, 15) is 9.59 Å². The topological polar surface area (TPSA) is 49.4 Å². The number of carbonyl (C=O) groups excluding carboxylic acids is 2. The van der Waals surface area contributed by atoms with Gasteiger partial charge < -0.3 is 4.90 Å². The van der Waals surface area contributed by atoms with E-state index in [1.54, 1.807) is 4.90 Å². The predicted octanol–water partition coefficient (Wildman–Crippen LogP) is 2.14. The largest absolute Gasteiger partial charge is 0.324 e. The first-order valence-corrected chi connectivity index (χ1v) is 6.74. The number of hydrogen-bond donors (Lipinski definition) is 1. The van der Waals surface area contributed by atoms with Crippen molar-refractivity contribution in [1.29, 1.82) is 0 Å². The van der Waals surface area contributed by atoms with Gasteiger partial charge in [0.2, 0.25) is 5.91 Å². The smallest absolute Gasteiger partial charge is 0.324 e. The quantitative estimate of drug-likeness (QED) is 0.819. The lowest BCUT2D eigenvalue weighted by molar-refractivity contribution is -0.121. The summed E-state index contributed by atoms with van der Waals surface area (Å²) in [4.78, 5) is 24.3. The van der Waals surface area contributed by atoms with Crippen molar-refractivity contribution in [3.8, 4) is 0 Å². The van der Waals surface area contributed by atoms with Gasteiger partial charge in [-0.2, -0.15) is 0 Å². The highest BCUT2D eigenvalue weighted by atomic mass is 16.2. The summed E-state index contributed by atoms with van der Waals surface area (Å²) in [5, 5.41) is 2.37. The molecule has 2 rings (SSSR count). The fourth-order valence-electron chi connectivity index (χ4n) is 2.97. The maximum atomic E-state index is 11.5. The Labute approximate surface area is 103 Å². The van der Waals surface area contributed by atoms with Crippen LogP contribution in [0.5, 0.6) is 0 Å². The summed E-state index contributed by atoms with van der Waals surface area (Å²) >= 11 is 0. The lowest BCUT2D eigenvalue weighted by atomic mass is 9.81. The third kappa shape index (κ3) is 3.45. The molecule has 1 aliphatic carbocycles. The van der Waals surface area contributed by atoms with Crippen LogP contribution in [-0.2, 0) is 4.79 Å². The molecule has 0 aromatic carbocycles. The van der Waals surface area contributed by atoms with Crippen LogP contribution in [0.1, 0.15) is 45.4 Å². The van der Waals surface area contributed by atoms with E-state index in [1.165, 1.54) is 25.7 Å². The number of rotatable bonds is 3. The molecule has 1 aliphatic heterocycles. The van der Waals surface area contributed by atoms with Crippen LogP contribution in [0.2, 0.25) is 0 Å². The summed E-state index contributed by atoms with van der Waals surface area (Å²) in [6, 6.07) is -0.204. The number of amides is 3. The molecule has 2 atom stereocenters. The Morgan fingerprint density at radius 3 is 2.88 bits per heavy atom. The lowest BCUT2D eigenvalue weighted by Crippen LogP contribution is -2.49. The zero-order chi connectivity index (χ0) is 12.3. The van der Waals surface area contributed by atoms with Gasteiger partial charge in [-0.15, -0.1) is 0 Å². The van der Waals surface area contributed by atoms with Gasteiger partial charge in [0.25, 0.3) is 0 Å². The van der Waals surface area contributed by atoms with Gasteiger partial charge in [0, 0.05) is 19.5 Å². The van der Waals surface area contributed by atoms with Crippen LogP contribution in [0.25, 0.3) is 0 Å². The molecule has 1 saturated heterocycles. The zero-order valence-electron chi connectivity index (χ0n) is 10.6. The summed E-state index contributed by atoms with van der Waals surface area (Å²) in [6.07, 6.45) is 6.83. The summed E-state index contributed by atoms with van der Waals surface area (Å²) < 4.78 is 0. The Hall–Kier alpha value is -1.06. The minimum absolute atomic E-state index is 0.141. The van der Waals surface area contributed by atoms with Crippen LogP contribution in [-0.4, -0.2) is 29.9 Å². The van der Waals surface area contributed by atoms with Gasteiger partial charge in [0.05, 0.1) is 0 Å². The Balaban J connectivity index is 1.74. The molecule has 0 spiro atoms. The van der Waals surface area contributed by atoms with E-state index < -0.39 is 0 Å². The first kappa shape index (κ1) is 12.4. The maximum Gasteiger partial charge on any atom is 0.324 e. The number of nitrogens with zero attached hydrogens (tertiary/aromatic N) is 1. The van der Waals surface area contributed by atoms with Crippen LogP contribution in [0.3, 0.4) is 0 Å². The normalized spacial score (nSPS) is 30.3. The molecule has 2 unspecified atom stereocenters. The van der Waals surface area contributed by atoms with Gasteiger partial charge in [-0.1, -0.05) is 26.2 Å². The standard InChI is InChI=1S/C13H22N2O2/c1-10-3-2-4-11(9-10)5-7-15-8-6-12(16)14-13(15)17/h10-11H,2-9H2,1H3,(H,14,16,17). The zero-order valence-corrected chi connectivity index (χ0v) is 10.6. The predicted molar refractivity (Wildman–Crippen MR) is 65.5 cm³/mol. The SMILES string of the molecule is CC1CCCC(CCN2CCC(=O)NC2=O)C1. The second-order valence-corrected chi connectivity index (χ2v) is 5.52. The van der Waals surface area contributed by atoms with E-state index in [4.69, 9.17) is 0 Å². The Morgan fingerprint density at radius 2 is 2.18 bits per heavy atom. The molecule has 1 N–H and O–H groups in total. The molecule has 4 nitrogen and oxygen atoms in total. The molecule has 96 valence electrons. The van der Waals surface area contributed by atoms with Gasteiger partial charge >= 0.3 is 6.03 Å². The van der Waals surface area contributed by atoms with Gasteiger partial charge in [0.1, 0.15) is 0 Å². The Kier molecular flexibility index (Phi) is 4.02. The van der Waals surface area contributed by atoms with Crippen LogP contribution in [0.4, 0.5) is 4.79 Å². The van der Waals surface area contributed by atoms with Crippen molar-refractivity contribution in [3.05, 3.63) is 0 Å². The fourth-order valence-corrected chi connectivity index (χ4v) is 2.97. The molecule has 4 heteroatoms. The molecule has 3 amide bonds. The minimum atomic E-state index is -0.204. The van der Waals surface area contributed by atoms with Crippen molar-refractivity contribution < 1.29 is 9.59 Å². The number of hydrogen-bond acceptors (Lipinski definition) is 2. The van der Waals surface area contributed by atoms with E-state index in [1.807, 2.05) is 0 Å². The molecule has 1 saturated carbocycles. The van der Waals surface area contributed by atoms with E-state index in [0.717, 1.165) is 24.8 Å². The summed E-state index contributed by atoms with van der Waals surface area (Å²) in [5.41, 5.74) is 0. The number of carbonyl (C=O) groups is 2. The summed E-state index contributed by atoms with van der Waals surface area (Å²) in [5.74, 6) is 1.47. The molecule has 0 bridgehead atoms. The Bertz CT molecular complexity index is 304. The van der Waals surface area contributed by atoms with Crippen molar-refractivity contribution in [1.82, 2.24) is 10.2 Å². The molecule has 0 aromatic heterocycles. The van der Waals surface area contributed by atoms with Gasteiger partial charge in [-0.05, 0) is 24.7 Å². The van der Waals surface area contributed by atoms with E-state index in [0.29, 0.717) is 13.0 Å². The fraction of sp³-hybridized carbons (Fsp3) is 0.846. The molecule has 2 fully saturated rings. The van der Waals surface area contributed by atoms with Gasteiger partial charge in [0.15, 0.2) is 0 Å². The molecule has 2 aliphatic rings. The minimum Gasteiger partial charge on any atom is -0.324 e. The Morgan fingerprint density at radius 1 is 1.35 bits per heavy atom. The van der Waals surface area contributed by atoms with Crippen LogP contribution < -0.4 is 5.32 Å². The number of urea groups is 1. The van der Waals surface area contributed by atoms with Gasteiger partial charge in [-0.3, -0.25) is 10.1 Å². The third-order valence-electron chi connectivity index (χ3n) is 3.99. The van der Waals surface area contributed by atoms with Crippen LogP contribution in [0.15, 0.2) is 0 Å². The van der Waals surface area contributed by atoms with Crippen molar-refractivity contribution >= 4 is 11.9 Å². The van der Waals surface area contributed by atoms with Crippen molar-refractivity contribution in [2.75, 3.05) is 13.1 Å². The highest BCUT2D eigenvalue weighted by Gasteiger charge is 2.24. The highest BCUT2D eigenvalue weighted by molar-refractivity contribution is 5.96. The lowest BCUT2D eigenvalue weighted by Gasteiger charge is -2.31. The highest BCUT2D eigenvalue weighted by Crippen LogP contribution is 2.30. The maximum absolute atomic E-state index is 11.5. The van der Waals surface area contributed by atoms with Crippen molar-refractivity contribution in [2.24, 2.45) is 11.8 Å². The number of nitrogens with one attached hydrogen (secondary N) is 1. The van der Waals surface area contributed by atoms with Crippen molar-refractivity contribution in [2.45, 2.75) is 45.4 Å². The monoisotopic (exact) mass is 238 g/mol. The third-order valence-corrected chi connectivity index (χ3v) is 3.99. The average molecular weight is 238 g/mol. The molecular formula is C13H22N2O2. The van der Waals surface area contributed by atoms with Crippen LogP contribution in [0, 0.1) is 11.8 Å². The van der Waals surface area contributed by atoms with Gasteiger partial charge in [-0.25, -0.2) is 4.79 Å². The second-order valence-electron chi connectivity index (χ2n) is 5.52. The molecule has 17 heavy (non-hydrogen) atoms. The van der Waals surface area contributed by atoms with E-state index in [-0.39, 0.29) is 11.9 Å².